The van der Waals surface area contributed by atoms with Crippen LogP contribution in [-0.2, 0) is 11.3 Å². The van der Waals surface area contributed by atoms with Crippen molar-refractivity contribution in [1.29, 1.82) is 0 Å². The van der Waals surface area contributed by atoms with Crippen LogP contribution in [0.1, 0.15) is 51.2 Å². The molecule has 0 aromatic carbocycles. The summed E-state index contributed by atoms with van der Waals surface area (Å²) in [4.78, 5) is 19.9. The van der Waals surface area contributed by atoms with Crippen LogP contribution in [0.3, 0.4) is 0 Å². The highest BCUT2D eigenvalue weighted by Gasteiger charge is 2.13. The van der Waals surface area contributed by atoms with Crippen molar-refractivity contribution in [2.75, 3.05) is 11.9 Å². The quantitative estimate of drug-likeness (QED) is 0.494. The number of amides is 1. The van der Waals surface area contributed by atoms with Gasteiger partial charge in [-0.2, -0.15) is 0 Å². The molecule has 2 aromatic rings. The number of thiazole rings is 1. The molecule has 0 aliphatic heterocycles. The summed E-state index contributed by atoms with van der Waals surface area (Å²) in [5, 5.41) is 8.34. The van der Waals surface area contributed by atoms with Gasteiger partial charge in [0.15, 0.2) is 16.9 Å². The Kier molecular flexibility index (Phi) is 6.86. The van der Waals surface area contributed by atoms with Crippen molar-refractivity contribution >= 4 is 28.3 Å². The van der Waals surface area contributed by atoms with Gasteiger partial charge in [0.1, 0.15) is 11.5 Å². The van der Waals surface area contributed by atoms with E-state index >= 15 is 0 Å². The minimum Gasteiger partial charge on any atom is -0.458 e. The molecule has 0 bridgehead atoms. The maximum atomic E-state index is 11.0. The van der Waals surface area contributed by atoms with Gasteiger partial charge in [-0.25, -0.2) is 4.98 Å². The summed E-state index contributed by atoms with van der Waals surface area (Å²) in [5.74, 6) is 2.45. The van der Waals surface area contributed by atoms with Gasteiger partial charge in [-0.05, 0) is 24.5 Å². The lowest BCUT2D eigenvalue weighted by atomic mass is 9.87. The lowest BCUT2D eigenvalue weighted by Gasteiger charge is -2.20. The number of nitrogens with one attached hydrogen (secondary N) is 2. The Morgan fingerprint density at radius 3 is 2.96 bits per heavy atom. The van der Waals surface area contributed by atoms with Crippen LogP contribution in [-0.4, -0.2) is 23.4 Å². The van der Waals surface area contributed by atoms with E-state index in [-0.39, 0.29) is 5.91 Å². The molecule has 0 atom stereocenters. The van der Waals surface area contributed by atoms with Crippen molar-refractivity contribution < 1.29 is 9.21 Å². The van der Waals surface area contributed by atoms with E-state index in [1.165, 1.54) is 50.4 Å². The molecule has 1 amide bonds. The summed E-state index contributed by atoms with van der Waals surface area (Å²) < 4.78 is 5.71. The highest BCUT2D eigenvalue weighted by atomic mass is 32.1. The number of nitrogens with zero attached hydrogens (tertiary/aromatic N) is 2. The van der Waals surface area contributed by atoms with Gasteiger partial charge in [-0.3, -0.25) is 9.79 Å². The number of carbonyl (C=O) groups excluding carboxylic acids is 1. The molecule has 1 saturated carbocycles. The van der Waals surface area contributed by atoms with Crippen molar-refractivity contribution in [3.05, 3.63) is 23.3 Å². The minimum atomic E-state index is -0.0913. The second kappa shape index (κ2) is 9.55. The van der Waals surface area contributed by atoms with Gasteiger partial charge in [0.25, 0.3) is 0 Å². The van der Waals surface area contributed by atoms with Crippen molar-refractivity contribution in [2.45, 2.75) is 52.0 Å². The van der Waals surface area contributed by atoms with E-state index < -0.39 is 0 Å². The average Bonchev–Trinajstić information content (AvgIpc) is 3.30. The minimum absolute atomic E-state index is 0.0913. The van der Waals surface area contributed by atoms with Crippen molar-refractivity contribution in [2.24, 2.45) is 16.6 Å². The number of aromatic nitrogens is 1. The first-order valence-corrected chi connectivity index (χ1v) is 10.3. The monoisotopic (exact) mass is 389 g/mol. The fraction of sp³-hybridized carbons (Fsp3) is 0.526. The maximum Gasteiger partial charge on any atom is 0.217 e. The van der Waals surface area contributed by atoms with Gasteiger partial charge < -0.3 is 20.8 Å². The van der Waals surface area contributed by atoms with Crippen molar-refractivity contribution in [3.63, 3.8) is 0 Å². The number of guanidine groups is 1. The fourth-order valence-electron chi connectivity index (χ4n) is 3.26. The first-order valence-electron chi connectivity index (χ1n) is 9.46. The molecule has 2 aromatic heterocycles. The van der Waals surface area contributed by atoms with E-state index in [0.29, 0.717) is 29.2 Å². The predicted octanol–water partition coefficient (Wildman–Crippen LogP) is 3.74. The van der Waals surface area contributed by atoms with E-state index in [9.17, 15) is 4.79 Å². The summed E-state index contributed by atoms with van der Waals surface area (Å²) in [6, 6.07) is 3.68. The lowest BCUT2D eigenvalue weighted by Crippen LogP contribution is -2.23. The number of hydrogen-bond acceptors (Lipinski definition) is 5. The zero-order chi connectivity index (χ0) is 19.1. The molecule has 1 aliphatic carbocycles. The largest absolute Gasteiger partial charge is 0.458 e. The van der Waals surface area contributed by atoms with Gasteiger partial charge >= 0.3 is 0 Å². The van der Waals surface area contributed by atoms with Gasteiger partial charge in [0.05, 0.1) is 6.54 Å². The number of hydrogen-bond donors (Lipinski definition) is 3. The topological polar surface area (TPSA) is 106 Å². The van der Waals surface area contributed by atoms with Crippen LogP contribution in [0.15, 0.2) is 26.9 Å². The molecule has 4 N–H and O–H groups in total. The van der Waals surface area contributed by atoms with Crippen LogP contribution in [0.4, 0.5) is 5.13 Å². The maximum absolute atomic E-state index is 11.0. The molecular weight excluding hydrogens is 362 g/mol. The molecule has 2 heterocycles. The molecule has 0 unspecified atom stereocenters. The number of aliphatic imine (C=N–C) groups is 1. The van der Waals surface area contributed by atoms with Gasteiger partial charge in [0, 0.05) is 18.8 Å². The molecule has 1 aliphatic rings. The van der Waals surface area contributed by atoms with E-state index in [4.69, 9.17) is 10.2 Å². The lowest BCUT2D eigenvalue weighted by molar-refractivity contribution is -0.119. The smallest absolute Gasteiger partial charge is 0.217 e. The van der Waals surface area contributed by atoms with Crippen LogP contribution in [0.5, 0.6) is 0 Å². The molecule has 1 fully saturated rings. The van der Waals surface area contributed by atoms with Gasteiger partial charge in [0.2, 0.25) is 5.91 Å². The van der Waals surface area contributed by atoms with E-state index in [1.807, 2.05) is 17.5 Å². The first kappa shape index (κ1) is 19.4. The average molecular weight is 390 g/mol. The second-order valence-electron chi connectivity index (χ2n) is 6.90. The molecule has 3 rings (SSSR count). The highest BCUT2D eigenvalue weighted by Crippen LogP contribution is 2.27. The molecule has 27 heavy (non-hydrogen) atoms. The van der Waals surface area contributed by atoms with Crippen LogP contribution in [0, 0.1) is 5.92 Å². The molecule has 146 valence electrons. The third kappa shape index (κ3) is 6.09. The predicted molar refractivity (Wildman–Crippen MR) is 109 cm³/mol. The number of carbonyl (C=O) groups is 1. The standard InChI is InChI=1S/C19H27N5O2S/c1-13(25)22-11-15-7-8-17(26-15)16-12-27-19(23-16)24-18(20)21-10-9-14-5-3-2-4-6-14/h7-8,12,14H,2-6,9-11H2,1H3,(H,22,25)(H3,20,21,23,24). The Bertz CT molecular complexity index is 777. The zero-order valence-corrected chi connectivity index (χ0v) is 16.5. The number of nitrogens with two attached hydrogens (primary N) is 1. The summed E-state index contributed by atoms with van der Waals surface area (Å²) >= 11 is 1.45. The molecule has 0 spiro atoms. The Hall–Kier alpha value is -2.35. The SMILES string of the molecule is CC(=O)NCc1ccc(-c2csc(NC(N)=NCCC3CCCCC3)n2)o1. The summed E-state index contributed by atoms with van der Waals surface area (Å²) in [7, 11) is 0. The Morgan fingerprint density at radius 2 is 2.19 bits per heavy atom. The van der Waals surface area contributed by atoms with Crippen LogP contribution < -0.4 is 16.4 Å². The molecular formula is C19H27N5O2S. The Morgan fingerprint density at radius 1 is 1.37 bits per heavy atom. The van der Waals surface area contributed by atoms with Crippen LogP contribution in [0.25, 0.3) is 11.5 Å². The zero-order valence-electron chi connectivity index (χ0n) is 15.7. The normalized spacial score (nSPS) is 15.7. The molecule has 7 nitrogen and oxygen atoms in total. The van der Waals surface area contributed by atoms with Gasteiger partial charge in [-0.1, -0.05) is 32.1 Å². The van der Waals surface area contributed by atoms with E-state index in [1.54, 1.807) is 0 Å². The number of rotatable bonds is 7. The van der Waals surface area contributed by atoms with Crippen molar-refractivity contribution in [3.8, 4) is 11.5 Å². The first-order chi connectivity index (χ1) is 13.1. The third-order valence-corrected chi connectivity index (χ3v) is 5.47. The Balaban J connectivity index is 1.49. The molecule has 8 heteroatoms. The van der Waals surface area contributed by atoms with E-state index in [2.05, 4.69) is 20.6 Å². The highest BCUT2D eigenvalue weighted by molar-refractivity contribution is 7.14. The van der Waals surface area contributed by atoms with Crippen molar-refractivity contribution in [1.82, 2.24) is 10.3 Å². The Labute approximate surface area is 163 Å². The van der Waals surface area contributed by atoms with Crippen LogP contribution >= 0.6 is 11.3 Å². The molecule has 0 saturated heterocycles. The summed E-state index contributed by atoms with van der Waals surface area (Å²) in [6.45, 7) is 2.60. The number of furan rings is 1. The second-order valence-corrected chi connectivity index (χ2v) is 7.76. The molecule has 0 radical (unpaired) electrons. The number of anilines is 1. The van der Waals surface area contributed by atoms with Gasteiger partial charge in [-0.15, -0.1) is 11.3 Å². The summed E-state index contributed by atoms with van der Waals surface area (Å²) in [6.07, 6.45) is 7.83. The van der Waals surface area contributed by atoms with E-state index in [0.717, 1.165) is 24.6 Å². The van der Waals surface area contributed by atoms with Crippen LogP contribution in [0.2, 0.25) is 0 Å². The summed E-state index contributed by atoms with van der Waals surface area (Å²) in [5.41, 5.74) is 6.71. The third-order valence-electron chi connectivity index (χ3n) is 4.71. The fourth-order valence-corrected chi connectivity index (χ4v) is 3.97.